The highest BCUT2D eigenvalue weighted by Crippen LogP contribution is 2.23. The van der Waals surface area contributed by atoms with Gasteiger partial charge in [-0.2, -0.15) is 0 Å². The fourth-order valence-electron chi connectivity index (χ4n) is 3.54. The smallest absolute Gasteiger partial charge is 0.310 e. The maximum absolute atomic E-state index is 11.8. The monoisotopic (exact) mass is 353 g/mol. The van der Waals surface area contributed by atoms with Gasteiger partial charge in [-0.05, 0) is 5.92 Å². The van der Waals surface area contributed by atoms with Gasteiger partial charge in [0.05, 0.1) is 13.0 Å². The van der Waals surface area contributed by atoms with Crippen molar-refractivity contribution >= 4 is 17.8 Å². The van der Waals surface area contributed by atoms with Crippen LogP contribution in [0.15, 0.2) is 4.99 Å². The number of carbonyl (C=O) groups is 2. The van der Waals surface area contributed by atoms with Gasteiger partial charge in [0.15, 0.2) is 5.96 Å². The van der Waals surface area contributed by atoms with Crippen LogP contribution in [0.4, 0.5) is 0 Å². The van der Waals surface area contributed by atoms with E-state index >= 15 is 0 Å². The third-order valence-corrected chi connectivity index (χ3v) is 5.16. The van der Waals surface area contributed by atoms with Crippen LogP contribution in [0, 0.1) is 11.8 Å². The van der Waals surface area contributed by atoms with Gasteiger partial charge in [0.25, 0.3) is 0 Å². The van der Waals surface area contributed by atoms with E-state index in [1.165, 1.54) is 7.11 Å². The van der Waals surface area contributed by atoms with Gasteiger partial charge in [-0.3, -0.25) is 19.5 Å². The van der Waals surface area contributed by atoms with Gasteiger partial charge in [0, 0.05) is 66.3 Å². The van der Waals surface area contributed by atoms with E-state index in [-0.39, 0.29) is 23.7 Å². The molecule has 0 aliphatic carbocycles. The second-order valence-electron chi connectivity index (χ2n) is 6.83. The first-order valence-corrected chi connectivity index (χ1v) is 8.97. The Labute approximate surface area is 150 Å². The average Bonchev–Trinajstić information content (AvgIpc) is 3.00. The van der Waals surface area contributed by atoms with E-state index in [1.54, 1.807) is 14.0 Å². The lowest BCUT2D eigenvalue weighted by Crippen LogP contribution is -2.50. The molecule has 0 aromatic rings. The zero-order valence-corrected chi connectivity index (χ0v) is 15.8. The number of carbonyl (C=O) groups excluding carboxylic acids is 2. The van der Waals surface area contributed by atoms with Gasteiger partial charge in [-0.25, -0.2) is 0 Å². The Bertz CT molecular complexity index is 503. The first-order chi connectivity index (χ1) is 12.0. The molecular weight excluding hydrogens is 322 g/mol. The van der Waals surface area contributed by atoms with Crippen molar-refractivity contribution in [2.75, 3.05) is 66.5 Å². The number of methoxy groups -OCH3 is 1. The van der Waals surface area contributed by atoms with Gasteiger partial charge in [0.1, 0.15) is 0 Å². The van der Waals surface area contributed by atoms with E-state index < -0.39 is 0 Å². The molecule has 8 nitrogen and oxygen atoms in total. The minimum Gasteiger partial charge on any atom is -0.469 e. The largest absolute Gasteiger partial charge is 0.469 e. The number of likely N-dealkylation sites (tertiary alicyclic amines) is 1. The lowest BCUT2D eigenvalue weighted by atomic mass is 9.99. The van der Waals surface area contributed by atoms with Gasteiger partial charge in [0.2, 0.25) is 5.91 Å². The standard InChI is InChI=1S/C17H31N5O3/c1-13-11-22(12-15(13)16(24)25-4)17(18-3)19-5-6-20-7-9-21(10-8-20)14(2)23/h13,15H,5-12H2,1-4H3,(H,18,19). The van der Waals surface area contributed by atoms with E-state index in [0.29, 0.717) is 6.54 Å². The minimum atomic E-state index is -0.145. The maximum atomic E-state index is 11.8. The minimum absolute atomic E-state index is 0.0943. The van der Waals surface area contributed by atoms with Crippen molar-refractivity contribution in [1.29, 1.82) is 0 Å². The second-order valence-corrected chi connectivity index (χ2v) is 6.83. The fourth-order valence-corrected chi connectivity index (χ4v) is 3.54. The highest BCUT2D eigenvalue weighted by molar-refractivity contribution is 5.82. The number of piperazine rings is 1. The van der Waals surface area contributed by atoms with Gasteiger partial charge in [-0.15, -0.1) is 0 Å². The summed E-state index contributed by atoms with van der Waals surface area (Å²) in [5.74, 6) is 1.00. The molecule has 0 aromatic carbocycles. The molecule has 1 N–H and O–H groups in total. The summed E-state index contributed by atoms with van der Waals surface area (Å²) in [6, 6.07) is 0. The Hall–Kier alpha value is -1.83. The Morgan fingerprint density at radius 2 is 1.84 bits per heavy atom. The third-order valence-electron chi connectivity index (χ3n) is 5.16. The van der Waals surface area contributed by atoms with Crippen molar-refractivity contribution in [3.8, 4) is 0 Å². The van der Waals surface area contributed by atoms with E-state index in [9.17, 15) is 9.59 Å². The maximum Gasteiger partial charge on any atom is 0.310 e. The molecule has 0 radical (unpaired) electrons. The quantitative estimate of drug-likeness (QED) is 0.416. The molecule has 0 aromatic heterocycles. The second kappa shape index (κ2) is 9.03. The lowest BCUT2D eigenvalue weighted by molar-refractivity contribution is -0.146. The van der Waals surface area contributed by atoms with E-state index in [2.05, 4.69) is 27.0 Å². The molecule has 0 bridgehead atoms. The Kier molecular flexibility index (Phi) is 7.04. The van der Waals surface area contributed by atoms with Crippen LogP contribution in [-0.2, 0) is 14.3 Å². The molecule has 2 rings (SSSR count). The van der Waals surface area contributed by atoms with E-state index in [1.807, 2.05) is 4.90 Å². The van der Waals surface area contributed by atoms with Crippen LogP contribution >= 0.6 is 0 Å². The number of nitrogens with one attached hydrogen (secondary N) is 1. The average molecular weight is 353 g/mol. The summed E-state index contributed by atoms with van der Waals surface area (Å²) in [4.78, 5) is 33.9. The summed E-state index contributed by atoms with van der Waals surface area (Å²) >= 11 is 0. The van der Waals surface area contributed by atoms with Gasteiger partial charge in [-0.1, -0.05) is 6.92 Å². The van der Waals surface area contributed by atoms with Crippen molar-refractivity contribution in [2.24, 2.45) is 16.8 Å². The Balaban J connectivity index is 1.74. The number of nitrogens with zero attached hydrogens (tertiary/aromatic N) is 4. The molecule has 2 heterocycles. The highest BCUT2D eigenvalue weighted by Gasteiger charge is 2.36. The molecule has 25 heavy (non-hydrogen) atoms. The lowest BCUT2D eigenvalue weighted by Gasteiger charge is -2.34. The number of hydrogen-bond acceptors (Lipinski definition) is 5. The SMILES string of the molecule is CN=C(NCCN1CCN(C(C)=O)CC1)N1CC(C)C(C(=O)OC)C1. The Morgan fingerprint density at radius 3 is 2.40 bits per heavy atom. The molecule has 8 heteroatoms. The first kappa shape index (κ1) is 19.5. The summed E-state index contributed by atoms with van der Waals surface area (Å²) in [6.45, 7) is 10.3. The van der Waals surface area contributed by atoms with E-state index in [4.69, 9.17) is 4.74 Å². The summed E-state index contributed by atoms with van der Waals surface area (Å²) in [6.07, 6.45) is 0. The third kappa shape index (κ3) is 5.07. The van der Waals surface area contributed by atoms with Crippen molar-refractivity contribution in [2.45, 2.75) is 13.8 Å². The van der Waals surface area contributed by atoms with E-state index in [0.717, 1.165) is 51.8 Å². The predicted molar refractivity (Wildman–Crippen MR) is 96.3 cm³/mol. The van der Waals surface area contributed by atoms with Crippen molar-refractivity contribution in [3.05, 3.63) is 0 Å². The van der Waals surface area contributed by atoms with Crippen LogP contribution < -0.4 is 5.32 Å². The molecular formula is C17H31N5O3. The molecule has 2 unspecified atom stereocenters. The number of esters is 1. The van der Waals surface area contributed by atoms with Gasteiger partial charge >= 0.3 is 5.97 Å². The van der Waals surface area contributed by atoms with Crippen LogP contribution in [0.1, 0.15) is 13.8 Å². The summed E-state index contributed by atoms with van der Waals surface area (Å²) in [5, 5.41) is 3.39. The number of rotatable bonds is 4. The normalized spacial score (nSPS) is 25.2. The zero-order valence-electron chi connectivity index (χ0n) is 15.8. The molecule has 1 amide bonds. The summed E-state index contributed by atoms with van der Waals surface area (Å²) < 4.78 is 4.89. The fraction of sp³-hybridized carbons (Fsp3) is 0.824. The number of guanidine groups is 1. The van der Waals surface area contributed by atoms with Gasteiger partial charge < -0.3 is 19.9 Å². The predicted octanol–water partition coefficient (Wildman–Crippen LogP) is -0.533. The van der Waals surface area contributed by atoms with Crippen molar-refractivity contribution < 1.29 is 14.3 Å². The summed E-state index contributed by atoms with van der Waals surface area (Å²) in [7, 11) is 3.21. The Morgan fingerprint density at radius 1 is 1.16 bits per heavy atom. The number of aliphatic imine (C=N–C) groups is 1. The number of amides is 1. The molecule has 2 aliphatic heterocycles. The highest BCUT2D eigenvalue weighted by atomic mass is 16.5. The number of ether oxygens (including phenoxy) is 1. The molecule has 2 saturated heterocycles. The van der Waals surface area contributed by atoms with Crippen LogP contribution in [-0.4, -0.2) is 99.1 Å². The number of hydrogen-bond donors (Lipinski definition) is 1. The molecule has 2 fully saturated rings. The van der Waals surface area contributed by atoms with Crippen molar-refractivity contribution in [1.82, 2.24) is 20.0 Å². The molecule has 2 atom stereocenters. The molecule has 0 spiro atoms. The van der Waals surface area contributed by atoms with Crippen LogP contribution in [0.25, 0.3) is 0 Å². The zero-order chi connectivity index (χ0) is 18.4. The van der Waals surface area contributed by atoms with Crippen LogP contribution in [0.3, 0.4) is 0 Å². The molecule has 142 valence electrons. The first-order valence-electron chi connectivity index (χ1n) is 8.97. The summed E-state index contributed by atoms with van der Waals surface area (Å²) in [5.41, 5.74) is 0. The topological polar surface area (TPSA) is 77.5 Å². The van der Waals surface area contributed by atoms with Crippen LogP contribution in [0.2, 0.25) is 0 Å². The van der Waals surface area contributed by atoms with Crippen molar-refractivity contribution in [3.63, 3.8) is 0 Å². The van der Waals surface area contributed by atoms with Crippen LogP contribution in [0.5, 0.6) is 0 Å². The molecule has 0 saturated carbocycles. The molecule has 2 aliphatic rings.